The van der Waals surface area contributed by atoms with Crippen LogP contribution in [0.1, 0.15) is 17.5 Å². The van der Waals surface area contributed by atoms with Crippen LogP contribution in [-0.2, 0) is 21.2 Å². The Morgan fingerprint density at radius 1 is 1.12 bits per heavy atom. The molecule has 26 heavy (non-hydrogen) atoms. The zero-order valence-corrected chi connectivity index (χ0v) is 16.5. The lowest BCUT2D eigenvalue weighted by molar-refractivity contribution is -0.120. The molecule has 1 N–H and O–H groups in total. The number of rotatable bonds is 8. The Morgan fingerprint density at radius 2 is 1.77 bits per heavy atom. The van der Waals surface area contributed by atoms with E-state index in [1.54, 1.807) is 12.1 Å². The Bertz CT molecular complexity index is 851. The minimum Gasteiger partial charge on any atom is -0.356 e. The number of nitrogens with one attached hydrogen (secondary N) is 1. The third kappa shape index (κ3) is 6.04. The Kier molecular flexibility index (Phi) is 7.06. The third-order valence-electron chi connectivity index (χ3n) is 3.98. The summed E-state index contributed by atoms with van der Waals surface area (Å²) >= 11 is 5.84. The molecule has 1 amide bonds. The van der Waals surface area contributed by atoms with Crippen molar-refractivity contribution in [2.24, 2.45) is 0 Å². The minimum absolute atomic E-state index is 0.0992. The molecule has 0 fully saturated rings. The van der Waals surface area contributed by atoms with E-state index >= 15 is 0 Å². The van der Waals surface area contributed by atoms with Crippen molar-refractivity contribution in [3.63, 3.8) is 0 Å². The van der Waals surface area contributed by atoms with Crippen LogP contribution >= 0.6 is 11.6 Å². The molecule has 140 valence electrons. The molecule has 0 bridgehead atoms. The summed E-state index contributed by atoms with van der Waals surface area (Å²) in [5, 5.41) is 3.50. The van der Waals surface area contributed by atoms with Crippen LogP contribution in [0.5, 0.6) is 0 Å². The molecule has 0 saturated heterocycles. The molecule has 2 aromatic carbocycles. The summed E-state index contributed by atoms with van der Waals surface area (Å²) in [5.74, 6) is -0.179. The number of anilines is 1. The van der Waals surface area contributed by atoms with Crippen LogP contribution in [0.3, 0.4) is 0 Å². The highest BCUT2D eigenvalue weighted by Crippen LogP contribution is 2.22. The summed E-state index contributed by atoms with van der Waals surface area (Å²) in [6.07, 6.45) is 1.94. The summed E-state index contributed by atoms with van der Waals surface area (Å²) in [4.78, 5) is 12.1. The number of halogens is 1. The first kappa shape index (κ1) is 20.3. The van der Waals surface area contributed by atoms with Gasteiger partial charge in [-0.2, -0.15) is 0 Å². The number of aryl methyl sites for hydroxylation is 1. The first-order chi connectivity index (χ1) is 12.3. The average molecular weight is 395 g/mol. The topological polar surface area (TPSA) is 66.5 Å². The normalized spacial score (nSPS) is 11.2. The van der Waals surface area contributed by atoms with Gasteiger partial charge in [-0.3, -0.25) is 9.10 Å². The van der Waals surface area contributed by atoms with Crippen molar-refractivity contribution in [2.75, 3.05) is 23.7 Å². The Balaban J connectivity index is 1.89. The number of amides is 1. The molecule has 0 aliphatic rings. The van der Waals surface area contributed by atoms with Gasteiger partial charge in [-0.25, -0.2) is 8.42 Å². The molecule has 0 radical (unpaired) electrons. The first-order valence-corrected chi connectivity index (χ1v) is 10.5. The quantitative estimate of drug-likeness (QED) is 0.747. The Hall–Kier alpha value is -2.05. The molecule has 7 heteroatoms. The smallest absolute Gasteiger partial charge is 0.232 e. The highest BCUT2D eigenvalue weighted by molar-refractivity contribution is 7.92. The molecule has 0 aliphatic heterocycles. The van der Waals surface area contributed by atoms with E-state index in [2.05, 4.69) is 5.32 Å². The predicted molar refractivity (Wildman–Crippen MR) is 106 cm³/mol. The summed E-state index contributed by atoms with van der Waals surface area (Å²) < 4.78 is 25.5. The van der Waals surface area contributed by atoms with E-state index < -0.39 is 10.0 Å². The lowest BCUT2D eigenvalue weighted by atomic mass is 10.1. The average Bonchev–Trinajstić information content (AvgIpc) is 2.57. The van der Waals surface area contributed by atoms with E-state index in [-0.39, 0.29) is 18.9 Å². The first-order valence-electron chi connectivity index (χ1n) is 8.32. The van der Waals surface area contributed by atoms with Crippen molar-refractivity contribution in [3.05, 3.63) is 64.7 Å². The fourth-order valence-corrected chi connectivity index (χ4v) is 3.71. The summed E-state index contributed by atoms with van der Waals surface area (Å²) in [7, 11) is -3.46. The molecule has 0 atom stereocenters. The molecule has 2 rings (SSSR count). The maximum Gasteiger partial charge on any atom is 0.232 e. The van der Waals surface area contributed by atoms with E-state index in [0.717, 1.165) is 17.4 Å². The largest absolute Gasteiger partial charge is 0.356 e. The second-order valence-corrected chi connectivity index (χ2v) is 8.44. The highest BCUT2D eigenvalue weighted by Gasteiger charge is 2.19. The van der Waals surface area contributed by atoms with Crippen LogP contribution in [0.2, 0.25) is 5.02 Å². The Labute approximate surface area is 160 Å². The molecular formula is C19H23ClN2O3S. The minimum atomic E-state index is -3.46. The maximum absolute atomic E-state index is 12.1. The number of hydrogen-bond acceptors (Lipinski definition) is 3. The van der Waals surface area contributed by atoms with Crippen LogP contribution in [-0.4, -0.2) is 33.7 Å². The molecule has 0 aliphatic carbocycles. The monoisotopic (exact) mass is 394 g/mol. The van der Waals surface area contributed by atoms with E-state index in [1.165, 1.54) is 4.31 Å². The van der Waals surface area contributed by atoms with Crippen LogP contribution in [0, 0.1) is 6.92 Å². The van der Waals surface area contributed by atoms with Crippen molar-refractivity contribution in [3.8, 4) is 0 Å². The van der Waals surface area contributed by atoms with Crippen molar-refractivity contribution < 1.29 is 13.2 Å². The van der Waals surface area contributed by atoms with Gasteiger partial charge < -0.3 is 5.32 Å². The van der Waals surface area contributed by atoms with Crippen LogP contribution in [0.4, 0.5) is 5.69 Å². The van der Waals surface area contributed by atoms with Gasteiger partial charge >= 0.3 is 0 Å². The van der Waals surface area contributed by atoms with Gasteiger partial charge in [-0.15, -0.1) is 0 Å². The van der Waals surface area contributed by atoms with E-state index in [1.807, 2.05) is 43.3 Å². The maximum atomic E-state index is 12.1. The van der Waals surface area contributed by atoms with Gasteiger partial charge in [0.15, 0.2) is 0 Å². The lowest BCUT2D eigenvalue weighted by Crippen LogP contribution is -2.35. The summed E-state index contributed by atoms with van der Waals surface area (Å²) in [6, 6.07) is 14.7. The molecule has 2 aromatic rings. The number of carbonyl (C=O) groups is 1. The molecule has 5 nitrogen and oxygen atoms in total. The zero-order valence-electron chi connectivity index (χ0n) is 14.9. The number of sulfonamides is 1. The van der Waals surface area contributed by atoms with Gasteiger partial charge in [-0.05, 0) is 42.7 Å². The van der Waals surface area contributed by atoms with Gasteiger partial charge in [0.1, 0.15) is 0 Å². The van der Waals surface area contributed by atoms with Crippen LogP contribution in [0.25, 0.3) is 0 Å². The van der Waals surface area contributed by atoms with Crippen molar-refractivity contribution in [1.29, 1.82) is 0 Å². The molecule has 0 spiro atoms. The second kappa shape index (κ2) is 9.05. The molecule has 0 heterocycles. The van der Waals surface area contributed by atoms with Crippen molar-refractivity contribution >= 4 is 33.2 Å². The van der Waals surface area contributed by atoms with E-state index in [0.29, 0.717) is 23.7 Å². The predicted octanol–water partition coefficient (Wildman–Crippen LogP) is 3.16. The number of nitrogens with zero attached hydrogens (tertiary/aromatic N) is 1. The number of hydrogen-bond donors (Lipinski definition) is 1. The highest BCUT2D eigenvalue weighted by atomic mass is 35.5. The van der Waals surface area contributed by atoms with Gasteiger partial charge in [0, 0.05) is 24.5 Å². The lowest BCUT2D eigenvalue weighted by Gasteiger charge is -2.23. The zero-order chi connectivity index (χ0) is 19.2. The van der Waals surface area contributed by atoms with E-state index in [4.69, 9.17) is 11.6 Å². The second-order valence-electron chi connectivity index (χ2n) is 6.10. The fraction of sp³-hybridized carbons (Fsp3) is 0.316. The standard InChI is InChI=1S/C19H23ClN2O3S/c1-15-5-3-4-6-18(15)22(26(2,24)25)14-12-19(23)21-13-11-16-7-9-17(20)10-8-16/h3-10H,11-14H2,1-2H3,(H,21,23). The van der Waals surface area contributed by atoms with Crippen LogP contribution < -0.4 is 9.62 Å². The number of carbonyl (C=O) groups excluding carboxylic acids is 1. The van der Waals surface area contributed by atoms with Gasteiger partial charge in [0.05, 0.1) is 11.9 Å². The van der Waals surface area contributed by atoms with Gasteiger partial charge in [-0.1, -0.05) is 41.9 Å². The van der Waals surface area contributed by atoms with Gasteiger partial charge in [0.25, 0.3) is 0 Å². The number of benzene rings is 2. The molecule has 0 saturated carbocycles. The van der Waals surface area contributed by atoms with Gasteiger partial charge in [0.2, 0.25) is 15.9 Å². The third-order valence-corrected chi connectivity index (χ3v) is 5.41. The molecular weight excluding hydrogens is 372 g/mol. The summed E-state index contributed by atoms with van der Waals surface area (Å²) in [5.41, 5.74) is 2.53. The fourth-order valence-electron chi connectivity index (χ4n) is 2.60. The number of para-hydroxylation sites is 1. The SMILES string of the molecule is Cc1ccccc1N(CCC(=O)NCCc1ccc(Cl)cc1)S(C)(=O)=O. The Morgan fingerprint density at radius 3 is 2.38 bits per heavy atom. The van der Waals surface area contributed by atoms with E-state index in [9.17, 15) is 13.2 Å². The molecule has 0 unspecified atom stereocenters. The summed E-state index contributed by atoms with van der Waals surface area (Å²) in [6.45, 7) is 2.44. The molecule has 0 aromatic heterocycles. The van der Waals surface area contributed by atoms with Crippen molar-refractivity contribution in [2.45, 2.75) is 19.8 Å². The van der Waals surface area contributed by atoms with Crippen LogP contribution in [0.15, 0.2) is 48.5 Å². The van der Waals surface area contributed by atoms with Crippen molar-refractivity contribution in [1.82, 2.24) is 5.32 Å².